The maximum Gasteiger partial charge on any atom is 0.303 e. The molecule has 0 unspecified atom stereocenters. The SMILES string of the molecule is Clc1ccc2c(c1NCc1ccc(OCc3ccccc3)cc1)CCNCC2.O=C(O)CCC(=O)O. The molecule has 1 aliphatic heterocycles. The second-order valence-electron chi connectivity index (χ2n) is 8.37. The van der Waals surface area contributed by atoms with Crippen LogP contribution in [-0.2, 0) is 35.6 Å². The zero-order chi connectivity index (χ0) is 25.8. The molecule has 4 N–H and O–H groups in total. The van der Waals surface area contributed by atoms with E-state index >= 15 is 0 Å². The van der Waals surface area contributed by atoms with Crippen molar-refractivity contribution in [2.75, 3.05) is 18.4 Å². The van der Waals surface area contributed by atoms with Gasteiger partial charge in [-0.05, 0) is 66.4 Å². The minimum atomic E-state index is -1.08. The predicted octanol–water partition coefficient (Wildman–Crippen LogP) is 5.16. The number of halogens is 1. The van der Waals surface area contributed by atoms with Gasteiger partial charge in [-0.3, -0.25) is 9.59 Å². The van der Waals surface area contributed by atoms with E-state index in [2.05, 4.69) is 41.0 Å². The van der Waals surface area contributed by atoms with Crippen LogP contribution >= 0.6 is 11.6 Å². The highest BCUT2D eigenvalue weighted by atomic mass is 35.5. The van der Waals surface area contributed by atoms with Gasteiger partial charge in [0.2, 0.25) is 0 Å². The summed E-state index contributed by atoms with van der Waals surface area (Å²) in [6.07, 6.45) is 1.46. The summed E-state index contributed by atoms with van der Waals surface area (Å²) in [5.41, 5.74) is 6.18. The second-order valence-corrected chi connectivity index (χ2v) is 8.78. The van der Waals surface area contributed by atoms with Crippen molar-refractivity contribution in [3.8, 4) is 5.75 Å². The van der Waals surface area contributed by atoms with Crippen molar-refractivity contribution in [2.45, 2.75) is 38.8 Å². The lowest BCUT2D eigenvalue weighted by Gasteiger charge is -2.16. The number of fused-ring (bicyclic) bond motifs is 1. The summed E-state index contributed by atoms with van der Waals surface area (Å²) in [6.45, 7) is 3.34. The van der Waals surface area contributed by atoms with E-state index in [4.69, 9.17) is 26.6 Å². The Balaban J connectivity index is 0.000000392. The number of aliphatic carboxylic acids is 2. The van der Waals surface area contributed by atoms with E-state index in [0.29, 0.717) is 6.61 Å². The topological polar surface area (TPSA) is 108 Å². The van der Waals surface area contributed by atoms with Crippen LogP contribution in [-0.4, -0.2) is 35.2 Å². The fourth-order valence-electron chi connectivity index (χ4n) is 3.78. The lowest BCUT2D eigenvalue weighted by atomic mass is 10.0. The molecule has 1 heterocycles. The molecule has 0 fully saturated rings. The first kappa shape index (κ1) is 27.0. The summed E-state index contributed by atoms with van der Waals surface area (Å²) in [7, 11) is 0. The summed E-state index contributed by atoms with van der Waals surface area (Å²) in [6, 6.07) is 22.6. The Hall–Kier alpha value is -3.55. The molecule has 0 radical (unpaired) electrons. The molecule has 36 heavy (non-hydrogen) atoms. The van der Waals surface area contributed by atoms with Crippen LogP contribution in [0.2, 0.25) is 5.02 Å². The fourth-order valence-corrected chi connectivity index (χ4v) is 4.03. The van der Waals surface area contributed by atoms with Crippen molar-refractivity contribution >= 4 is 29.2 Å². The molecule has 7 nitrogen and oxygen atoms in total. The zero-order valence-electron chi connectivity index (χ0n) is 20.0. The van der Waals surface area contributed by atoms with Crippen molar-refractivity contribution < 1.29 is 24.5 Å². The lowest BCUT2D eigenvalue weighted by Crippen LogP contribution is -2.16. The van der Waals surface area contributed by atoms with Crippen LogP contribution in [0.15, 0.2) is 66.7 Å². The number of anilines is 1. The molecule has 0 saturated heterocycles. The third-order valence-corrected chi connectivity index (χ3v) is 5.99. The van der Waals surface area contributed by atoms with Crippen LogP contribution in [0.25, 0.3) is 0 Å². The van der Waals surface area contributed by atoms with E-state index in [-0.39, 0.29) is 12.8 Å². The van der Waals surface area contributed by atoms with Crippen LogP contribution in [0.1, 0.15) is 35.1 Å². The van der Waals surface area contributed by atoms with E-state index in [1.807, 2.05) is 36.4 Å². The second kappa shape index (κ2) is 14.1. The monoisotopic (exact) mass is 510 g/mol. The van der Waals surface area contributed by atoms with E-state index in [1.54, 1.807) is 0 Å². The number of carbonyl (C=O) groups is 2. The van der Waals surface area contributed by atoms with Crippen LogP contribution in [0.5, 0.6) is 5.75 Å². The van der Waals surface area contributed by atoms with Gasteiger partial charge in [0.05, 0.1) is 23.6 Å². The van der Waals surface area contributed by atoms with Gasteiger partial charge in [-0.1, -0.05) is 60.1 Å². The summed E-state index contributed by atoms with van der Waals surface area (Å²) >= 11 is 6.50. The van der Waals surface area contributed by atoms with Crippen LogP contribution in [0.3, 0.4) is 0 Å². The quantitative estimate of drug-likeness (QED) is 0.315. The van der Waals surface area contributed by atoms with Gasteiger partial charge < -0.3 is 25.6 Å². The Bertz CT molecular complexity index is 1120. The van der Waals surface area contributed by atoms with Gasteiger partial charge in [0.15, 0.2) is 0 Å². The average molecular weight is 511 g/mol. The van der Waals surface area contributed by atoms with Gasteiger partial charge in [0, 0.05) is 6.54 Å². The van der Waals surface area contributed by atoms with Crippen molar-refractivity contribution in [2.24, 2.45) is 0 Å². The Morgan fingerprint density at radius 1 is 0.861 bits per heavy atom. The van der Waals surface area contributed by atoms with Crippen molar-refractivity contribution in [3.05, 3.63) is 94.0 Å². The molecule has 0 amide bonds. The molecule has 0 atom stereocenters. The Labute approximate surface area is 216 Å². The summed E-state index contributed by atoms with van der Waals surface area (Å²) in [4.78, 5) is 19.3. The largest absolute Gasteiger partial charge is 0.489 e. The number of hydrogen-bond acceptors (Lipinski definition) is 5. The first-order valence-corrected chi connectivity index (χ1v) is 12.2. The van der Waals surface area contributed by atoms with Crippen LogP contribution < -0.4 is 15.4 Å². The summed E-state index contributed by atoms with van der Waals surface area (Å²) < 4.78 is 5.87. The van der Waals surface area contributed by atoms with Crippen molar-refractivity contribution in [3.63, 3.8) is 0 Å². The molecule has 3 aromatic carbocycles. The number of rotatable bonds is 9. The molecular weight excluding hydrogens is 480 g/mol. The number of benzene rings is 3. The van der Waals surface area contributed by atoms with Gasteiger partial charge in [0.1, 0.15) is 12.4 Å². The average Bonchev–Trinajstić information content (AvgIpc) is 3.13. The number of nitrogens with one attached hydrogen (secondary N) is 2. The molecule has 0 saturated carbocycles. The molecule has 0 aromatic heterocycles. The molecule has 4 rings (SSSR count). The standard InChI is InChI=1S/C24H25ClN2O.C4H6O4/c25-23-11-8-20-12-14-26-15-13-22(20)24(23)27-16-18-6-9-21(10-7-18)28-17-19-4-2-1-3-5-19;5-3(6)1-2-4(7)8/h1-11,26-27H,12-17H2;1-2H2,(H,5,6)(H,7,8). The van der Waals surface area contributed by atoms with Gasteiger partial charge in [-0.15, -0.1) is 0 Å². The van der Waals surface area contributed by atoms with Crippen LogP contribution in [0.4, 0.5) is 5.69 Å². The first-order chi connectivity index (χ1) is 17.4. The Kier molecular flexibility index (Phi) is 10.6. The molecule has 0 spiro atoms. The smallest absolute Gasteiger partial charge is 0.303 e. The van der Waals surface area contributed by atoms with E-state index in [9.17, 15) is 9.59 Å². The van der Waals surface area contributed by atoms with E-state index in [0.717, 1.165) is 48.9 Å². The van der Waals surface area contributed by atoms with Crippen molar-refractivity contribution in [1.82, 2.24) is 5.32 Å². The van der Waals surface area contributed by atoms with E-state index < -0.39 is 11.9 Å². The number of carboxylic acid groups (broad SMARTS) is 2. The lowest BCUT2D eigenvalue weighted by molar-refractivity contribution is -0.143. The summed E-state index contributed by atoms with van der Waals surface area (Å²) in [5, 5.41) is 23.6. The van der Waals surface area contributed by atoms with Gasteiger partial charge in [-0.2, -0.15) is 0 Å². The molecule has 190 valence electrons. The maximum absolute atomic E-state index is 9.64. The fraction of sp³-hybridized carbons (Fsp3) is 0.286. The maximum atomic E-state index is 9.64. The summed E-state index contributed by atoms with van der Waals surface area (Å²) in [5.74, 6) is -1.27. The highest BCUT2D eigenvalue weighted by molar-refractivity contribution is 6.33. The molecular formula is C28H31ClN2O5. The third kappa shape index (κ3) is 8.91. The van der Waals surface area contributed by atoms with Crippen molar-refractivity contribution in [1.29, 1.82) is 0 Å². The molecule has 0 bridgehead atoms. The first-order valence-electron chi connectivity index (χ1n) is 11.9. The molecule has 3 aromatic rings. The highest BCUT2D eigenvalue weighted by Gasteiger charge is 2.14. The zero-order valence-corrected chi connectivity index (χ0v) is 20.8. The van der Waals surface area contributed by atoms with Crippen LogP contribution in [0, 0.1) is 0 Å². The molecule has 1 aliphatic rings. The number of carboxylic acids is 2. The molecule has 8 heteroatoms. The van der Waals surface area contributed by atoms with Gasteiger partial charge >= 0.3 is 11.9 Å². The number of ether oxygens (including phenoxy) is 1. The minimum absolute atomic E-state index is 0.296. The Morgan fingerprint density at radius 3 is 2.19 bits per heavy atom. The number of hydrogen-bond donors (Lipinski definition) is 4. The predicted molar refractivity (Wildman–Crippen MR) is 141 cm³/mol. The normalized spacial score (nSPS) is 12.4. The Morgan fingerprint density at radius 2 is 1.53 bits per heavy atom. The third-order valence-electron chi connectivity index (χ3n) is 5.68. The molecule has 0 aliphatic carbocycles. The van der Waals surface area contributed by atoms with Gasteiger partial charge in [0.25, 0.3) is 0 Å². The minimum Gasteiger partial charge on any atom is -0.489 e. The van der Waals surface area contributed by atoms with Gasteiger partial charge in [-0.25, -0.2) is 0 Å². The van der Waals surface area contributed by atoms with E-state index in [1.165, 1.54) is 22.3 Å². The highest BCUT2D eigenvalue weighted by Crippen LogP contribution is 2.31.